The molecule has 6 aliphatic rings. The fourth-order valence-corrected chi connectivity index (χ4v) is 7.29. The first-order valence-corrected chi connectivity index (χ1v) is 13.3. The van der Waals surface area contributed by atoms with Crippen LogP contribution in [0.5, 0.6) is 17.2 Å². The molecule has 1 aliphatic heterocycles. The van der Waals surface area contributed by atoms with Gasteiger partial charge in [-0.05, 0) is 49.1 Å². The topological polar surface area (TPSA) is 188 Å². The first-order chi connectivity index (χ1) is 19.9. The second-order valence-electron chi connectivity index (χ2n) is 11.3. The molecule has 11 nitrogen and oxygen atoms in total. The highest BCUT2D eigenvalue weighted by Crippen LogP contribution is 2.59. The van der Waals surface area contributed by atoms with Crippen molar-refractivity contribution >= 4 is 34.8 Å². The Morgan fingerprint density at radius 3 is 2.40 bits per heavy atom. The lowest BCUT2D eigenvalue weighted by Crippen LogP contribution is -2.61. The van der Waals surface area contributed by atoms with E-state index in [1.807, 2.05) is 0 Å². The summed E-state index contributed by atoms with van der Waals surface area (Å²) < 4.78 is 11.1. The van der Waals surface area contributed by atoms with Crippen molar-refractivity contribution in [2.45, 2.75) is 43.8 Å². The summed E-state index contributed by atoms with van der Waals surface area (Å²) in [6.07, 6.45) is 0.684. The number of aliphatic hydroxyl groups excluding tert-OH is 3. The van der Waals surface area contributed by atoms with E-state index in [1.165, 1.54) is 30.4 Å². The van der Waals surface area contributed by atoms with E-state index in [1.54, 1.807) is 6.92 Å². The van der Waals surface area contributed by atoms with Crippen LogP contribution in [0.4, 0.5) is 0 Å². The second kappa shape index (κ2) is 8.10. The number of aryl methyl sites for hydroxylation is 1. The molecule has 0 amide bonds. The van der Waals surface area contributed by atoms with Gasteiger partial charge in [0.25, 0.3) is 5.60 Å². The van der Waals surface area contributed by atoms with E-state index in [-0.39, 0.29) is 64.2 Å². The maximum absolute atomic E-state index is 14.2. The van der Waals surface area contributed by atoms with Crippen LogP contribution in [0.3, 0.4) is 0 Å². The van der Waals surface area contributed by atoms with Gasteiger partial charge in [-0.3, -0.25) is 14.4 Å². The van der Waals surface area contributed by atoms with Gasteiger partial charge >= 0.3 is 5.97 Å². The Kier molecular flexibility index (Phi) is 5.02. The molecule has 1 fully saturated rings. The van der Waals surface area contributed by atoms with Gasteiger partial charge < -0.3 is 35.0 Å². The number of allylic oxidation sites excluding steroid dienone is 3. The van der Waals surface area contributed by atoms with Crippen molar-refractivity contribution in [2.75, 3.05) is 7.11 Å². The van der Waals surface area contributed by atoms with Gasteiger partial charge in [-0.1, -0.05) is 12.2 Å². The number of methoxy groups -OCH3 is 1. The molecule has 2 aromatic carbocycles. The number of phenols is 2. The number of phenolic OH excluding ortho intramolecular Hbond substituents is 2. The first kappa shape index (κ1) is 26.0. The predicted molar refractivity (Wildman–Crippen MR) is 143 cm³/mol. The Morgan fingerprint density at radius 2 is 1.69 bits per heavy atom. The van der Waals surface area contributed by atoms with E-state index in [0.29, 0.717) is 5.56 Å². The molecular weight excluding hydrogens is 548 g/mol. The van der Waals surface area contributed by atoms with Gasteiger partial charge in [0, 0.05) is 17.5 Å². The Morgan fingerprint density at radius 1 is 1.00 bits per heavy atom. The third kappa shape index (κ3) is 2.83. The van der Waals surface area contributed by atoms with Gasteiger partial charge in [-0.25, -0.2) is 4.79 Å². The van der Waals surface area contributed by atoms with E-state index in [9.17, 15) is 44.7 Å². The van der Waals surface area contributed by atoms with Crippen LogP contribution in [0, 0.1) is 12.3 Å². The molecule has 0 radical (unpaired) electrons. The lowest BCUT2D eigenvalue weighted by Gasteiger charge is -2.43. The largest absolute Gasteiger partial charge is 0.507 e. The molecule has 2 aromatic rings. The molecule has 42 heavy (non-hydrogen) atoms. The van der Waals surface area contributed by atoms with Crippen molar-refractivity contribution in [3.63, 3.8) is 0 Å². The number of hydrogen-bond acceptors (Lipinski definition) is 11. The molecule has 1 heterocycles. The van der Waals surface area contributed by atoms with Crippen molar-refractivity contribution in [1.82, 2.24) is 0 Å². The molecule has 0 saturated heterocycles. The van der Waals surface area contributed by atoms with E-state index in [2.05, 4.69) is 0 Å². The summed E-state index contributed by atoms with van der Waals surface area (Å²) in [4.78, 5) is 54.5. The third-order valence-electron chi connectivity index (χ3n) is 9.09. The smallest absolute Gasteiger partial charge is 0.358 e. The molecule has 2 bridgehead atoms. The molecule has 11 heteroatoms. The average Bonchev–Trinajstić information content (AvgIpc) is 3.16. The Bertz CT molecular complexity index is 1830. The van der Waals surface area contributed by atoms with E-state index in [0.717, 1.165) is 7.11 Å². The Labute approximate surface area is 237 Å². The highest BCUT2D eigenvalue weighted by molar-refractivity contribution is 6.23. The number of fused-ring (bicyclic) bond motifs is 3. The lowest BCUT2D eigenvalue weighted by atomic mass is 9.62. The number of carbonyl (C=O) groups is 4. The van der Waals surface area contributed by atoms with Gasteiger partial charge in [0.15, 0.2) is 17.3 Å². The number of esters is 1. The normalized spacial score (nSPS) is 28.8. The number of aliphatic hydroxyl groups is 3. The maximum Gasteiger partial charge on any atom is 0.358 e. The zero-order valence-corrected chi connectivity index (χ0v) is 22.3. The summed E-state index contributed by atoms with van der Waals surface area (Å²) in [6, 6.07) is 4.12. The summed E-state index contributed by atoms with van der Waals surface area (Å²) in [5, 5.41) is 55.6. The summed E-state index contributed by atoms with van der Waals surface area (Å²) in [6.45, 7) is 1.67. The zero-order chi connectivity index (χ0) is 30.0. The van der Waals surface area contributed by atoms with Gasteiger partial charge in [0.2, 0.25) is 0 Å². The summed E-state index contributed by atoms with van der Waals surface area (Å²) in [7, 11) is 1.02. The third-order valence-corrected chi connectivity index (χ3v) is 9.09. The lowest BCUT2D eigenvalue weighted by molar-refractivity contribution is -0.169. The zero-order valence-electron chi connectivity index (χ0n) is 22.3. The standard InChI is InChI=1S/C31H24O11/c1-11-7-14-20(16(33)8-11)25(37)23-24(36)13-5-6-30(23,28(14)39)10-12-9-17(34)21-26(38)22-15(32)3-4-18(35)31(22,29(40)41-2)42-27(21)19(12)13/h5-9,13,18,33-35,37-38H,3-4,10H2,1-2H3/t13-,18-,30-,31+/m0/s1. The monoisotopic (exact) mass is 572 g/mol. The van der Waals surface area contributed by atoms with Crippen molar-refractivity contribution in [2.24, 2.45) is 5.41 Å². The minimum absolute atomic E-state index is 0.0187. The predicted octanol–water partition coefficient (Wildman–Crippen LogP) is 2.63. The minimum atomic E-state index is -2.48. The number of rotatable bonds is 1. The molecule has 5 aliphatic carbocycles. The summed E-state index contributed by atoms with van der Waals surface area (Å²) in [5.74, 6) is -6.98. The molecule has 214 valence electrons. The number of Topliss-reactive ketones (excluding diaryl/α,β-unsaturated/α-hetero) is 3. The Hall–Kier alpha value is -4.90. The fraction of sp³-hybridized carbons (Fsp3) is 0.290. The molecule has 8 rings (SSSR count). The van der Waals surface area contributed by atoms with Crippen LogP contribution in [0.1, 0.15) is 56.9 Å². The average molecular weight is 573 g/mol. The van der Waals surface area contributed by atoms with Crippen LogP contribution in [0.25, 0.3) is 11.5 Å². The van der Waals surface area contributed by atoms with Gasteiger partial charge in [0.05, 0.1) is 35.2 Å². The number of hydrogen-bond donors (Lipinski definition) is 5. The fourth-order valence-electron chi connectivity index (χ4n) is 7.29. The quantitative estimate of drug-likeness (QED) is 0.250. The van der Waals surface area contributed by atoms with Crippen LogP contribution < -0.4 is 4.74 Å². The summed E-state index contributed by atoms with van der Waals surface area (Å²) >= 11 is 0. The maximum atomic E-state index is 14.2. The number of carbonyl (C=O) groups excluding carboxylic acids is 4. The minimum Gasteiger partial charge on any atom is -0.507 e. The van der Waals surface area contributed by atoms with Crippen molar-refractivity contribution in [3.8, 4) is 17.2 Å². The van der Waals surface area contributed by atoms with Crippen LogP contribution in [0.15, 0.2) is 41.5 Å². The number of ether oxygens (including phenoxy) is 2. The second-order valence-corrected chi connectivity index (χ2v) is 11.3. The number of aromatic hydroxyl groups is 2. The first-order valence-electron chi connectivity index (χ1n) is 13.3. The van der Waals surface area contributed by atoms with Crippen LogP contribution in [0.2, 0.25) is 0 Å². The van der Waals surface area contributed by atoms with Crippen LogP contribution >= 0.6 is 0 Å². The SMILES string of the molecule is COC(=O)[C@]12Oc3c(c(O)cc4c3[C@@H]3C=C[C@@]5(C4)C(=O)c4cc(C)cc(O)c4C(O)=C5C3=O)C(O)=C1C(=O)CC[C@@H]2O. The number of ketones is 3. The molecule has 0 unspecified atom stereocenters. The van der Waals surface area contributed by atoms with Crippen molar-refractivity contribution in [1.29, 1.82) is 0 Å². The van der Waals surface area contributed by atoms with E-state index >= 15 is 0 Å². The highest BCUT2D eigenvalue weighted by atomic mass is 16.6. The molecule has 0 aromatic heterocycles. The Balaban J connectivity index is 1.53. The molecule has 5 N–H and O–H groups in total. The highest BCUT2D eigenvalue weighted by Gasteiger charge is 2.63. The van der Waals surface area contributed by atoms with E-state index < -0.39 is 69.2 Å². The number of benzene rings is 2. The van der Waals surface area contributed by atoms with Crippen LogP contribution in [-0.2, 0) is 25.5 Å². The molecule has 4 atom stereocenters. The molecule has 1 saturated carbocycles. The summed E-state index contributed by atoms with van der Waals surface area (Å²) in [5.41, 5.74) is -4.64. The van der Waals surface area contributed by atoms with Gasteiger partial charge in [-0.15, -0.1) is 0 Å². The van der Waals surface area contributed by atoms with Crippen molar-refractivity contribution in [3.05, 3.63) is 74.9 Å². The molecular formula is C31H24O11. The van der Waals surface area contributed by atoms with Gasteiger partial charge in [-0.2, -0.15) is 0 Å². The van der Waals surface area contributed by atoms with E-state index in [4.69, 9.17) is 9.47 Å². The van der Waals surface area contributed by atoms with Crippen LogP contribution in [-0.4, -0.2) is 67.7 Å². The molecule has 1 spiro atoms. The van der Waals surface area contributed by atoms with Crippen molar-refractivity contribution < 1.29 is 54.2 Å². The van der Waals surface area contributed by atoms with Gasteiger partial charge in [0.1, 0.15) is 40.4 Å².